The van der Waals surface area contributed by atoms with Gasteiger partial charge in [0.1, 0.15) is 6.20 Å². The fraction of sp³-hybridized carbons (Fsp3) is 0. The van der Waals surface area contributed by atoms with E-state index in [2.05, 4.69) is 39.6 Å². The maximum atomic E-state index is 4.17. The number of hydrogen-bond donors (Lipinski definition) is 0. The Kier molecular flexibility index (Phi) is 2.42. The van der Waals surface area contributed by atoms with E-state index < -0.39 is 0 Å². The zero-order chi connectivity index (χ0) is 13.4. The van der Waals surface area contributed by atoms with Crippen molar-refractivity contribution >= 4 is 21.7 Å². The minimum atomic E-state index is 0.882. The van der Waals surface area contributed by atoms with Gasteiger partial charge in [-0.15, -0.1) is 10.2 Å². The maximum Gasteiger partial charge on any atom is 0.122 e. The summed E-state index contributed by atoms with van der Waals surface area (Å²) in [4.78, 5) is 4.17. The van der Waals surface area contributed by atoms with Crippen LogP contribution in [0.15, 0.2) is 60.9 Å². The molecular formula is C17H10N3. The lowest BCUT2D eigenvalue weighted by molar-refractivity contribution is 1.07. The summed E-state index contributed by atoms with van der Waals surface area (Å²) in [5.41, 5.74) is 2.97. The Balaban J connectivity index is 2.12. The average Bonchev–Trinajstić information content (AvgIpc) is 2.54. The van der Waals surface area contributed by atoms with E-state index in [4.69, 9.17) is 0 Å². The molecule has 0 fully saturated rings. The third-order valence-corrected chi connectivity index (χ3v) is 3.44. The average molecular weight is 256 g/mol. The molecule has 4 rings (SSSR count). The number of rotatable bonds is 1. The number of pyridine rings is 1. The molecule has 0 aliphatic heterocycles. The molecular weight excluding hydrogens is 246 g/mol. The van der Waals surface area contributed by atoms with Crippen LogP contribution < -0.4 is 0 Å². The normalized spacial score (nSPS) is 11.0. The van der Waals surface area contributed by atoms with Gasteiger partial charge in [0.2, 0.25) is 0 Å². The standard InChI is InChI=1S/C17H10N3/c1-2-7-17-15(5-1)16(11-19-20-17)14-6-3-4-12-10-18-9-8-13(12)14/h1-10H. The van der Waals surface area contributed by atoms with Crippen molar-refractivity contribution in [2.24, 2.45) is 0 Å². The minimum absolute atomic E-state index is 0.882. The topological polar surface area (TPSA) is 38.7 Å². The van der Waals surface area contributed by atoms with Crippen LogP contribution in [0, 0.1) is 6.20 Å². The maximum absolute atomic E-state index is 4.17. The number of aromatic nitrogens is 3. The van der Waals surface area contributed by atoms with Crippen molar-refractivity contribution in [2.75, 3.05) is 0 Å². The molecule has 3 heteroatoms. The summed E-state index contributed by atoms with van der Waals surface area (Å²) in [5.74, 6) is 0. The van der Waals surface area contributed by atoms with E-state index in [1.54, 1.807) is 0 Å². The number of benzene rings is 2. The smallest absolute Gasteiger partial charge is 0.122 e. The molecule has 0 bridgehead atoms. The Morgan fingerprint density at radius 1 is 0.850 bits per heavy atom. The van der Waals surface area contributed by atoms with Gasteiger partial charge in [-0.3, -0.25) is 4.98 Å². The van der Waals surface area contributed by atoms with Crippen LogP contribution in [0.25, 0.3) is 32.8 Å². The lowest BCUT2D eigenvalue weighted by Gasteiger charge is -2.08. The van der Waals surface area contributed by atoms with Crippen molar-refractivity contribution < 1.29 is 0 Å². The number of hydrogen-bond acceptors (Lipinski definition) is 3. The molecule has 93 valence electrons. The first-order valence-corrected chi connectivity index (χ1v) is 6.40. The molecule has 0 amide bonds. The molecule has 2 aromatic heterocycles. The zero-order valence-corrected chi connectivity index (χ0v) is 10.6. The molecule has 2 aromatic carbocycles. The molecule has 0 saturated carbocycles. The van der Waals surface area contributed by atoms with Crippen molar-refractivity contribution in [3.63, 3.8) is 0 Å². The van der Waals surface area contributed by atoms with Crippen LogP contribution in [0.5, 0.6) is 0 Å². The third-order valence-electron chi connectivity index (χ3n) is 3.44. The Labute approximate surface area is 115 Å². The van der Waals surface area contributed by atoms with Crippen LogP contribution in [-0.2, 0) is 0 Å². The van der Waals surface area contributed by atoms with E-state index in [-0.39, 0.29) is 0 Å². The quantitative estimate of drug-likeness (QED) is 0.522. The van der Waals surface area contributed by atoms with Gasteiger partial charge in [0.15, 0.2) is 0 Å². The highest BCUT2D eigenvalue weighted by Gasteiger charge is 2.08. The summed E-state index contributed by atoms with van der Waals surface area (Å²) >= 11 is 0. The summed E-state index contributed by atoms with van der Waals surface area (Å²) in [6.07, 6.45) is 6.72. The van der Waals surface area contributed by atoms with Crippen LogP contribution in [0.4, 0.5) is 0 Å². The summed E-state index contributed by atoms with van der Waals surface area (Å²) < 4.78 is 0. The van der Waals surface area contributed by atoms with Crippen LogP contribution in [0.1, 0.15) is 0 Å². The Hall–Kier alpha value is -2.81. The highest BCUT2D eigenvalue weighted by Crippen LogP contribution is 2.31. The van der Waals surface area contributed by atoms with Crippen LogP contribution in [0.3, 0.4) is 0 Å². The van der Waals surface area contributed by atoms with Gasteiger partial charge in [-0.1, -0.05) is 36.4 Å². The number of fused-ring (bicyclic) bond motifs is 2. The highest BCUT2D eigenvalue weighted by atomic mass is 15.1. The Morgan fingerprint density at radius 2 is 1.80 bits per heavy atom. The van der Waals surface area contributed by atoms with Crippen molar-refractivity contribution in [3.8, 4) is 11.1 Å². The van der Waals surface area contributed by atoms with E-state index in [1.165, 1.54) is 0 Å². The molecule has 0 N–H and O–H groups in total. The first-order chi connectivity index (χ1) is 9.93. The van der Waals surface area contributed by atoms with Crippen LogP contribution >= 0.6 is 0 Å². The molecule has 0 atom stereocenters. The highest BCUT2D eigenvalue weighted by molar-refractivity contribution is 6.03. The van der Waals surface area contributed by atoms with Crippen LogP contribution in [-0.4, -0.2) is 15.2 Å². The van der Waals surface area contributed by atoms with Crippen molar-refractivity contribution in [1.82, 2.24) is 15.2 Å². The van der Waals surface area contributed by atoms with Gasteiger partial charge < -0.3 is 0 Å². The predicted octanol–water partition coefficient (Wildman–Crippen LogP) is 3.65. The predicted molar refractivity (Wildman–Crippen MR) is 79.1 cm³/mol. The second-order valence-electron chi connectivity index (χ2n) is 4.61. The van der Waals surface area contributed by atoms with Gasteiger partial charge in [0.25, 0.3) is 0 Å². The first kappa shape index (κ1) is 11.1. The Bertz CT molecular complexity index is 828. The van der Waals surface area contributed by atoms with Gasteiger partial charge in [-0.25, -0.2) is 0 Å². The molecule has 0 unspecified atom stereocenters. The van der Waals surface area contributed by atoms with Gasteiger partial charge in [0, 0.05) is 28.7 Å². The molecule has 0 saturated heterocycles. The molecule has 0 aliphatic rings. The monoisotopic (exact) mass is 256 g/mol. The van der Waals surface area contributed by atoms with Crippen molar-refractivity contribution in [1.29, 1.82) is 0 Å². The van der Waals surface area contributed by atoms with E-state index >= 15 is 0 Å². The van der Waals surface area contributed by atoms with E-state index in [0.717, 1.165) is 32.8 Å². The van der Waals surface area contributed by atoms with Crippen molar-refractivity contribution in [2.45, 2.75) is 0 Å². The second kappa shape index (κ2) is 4.38. The molecule has 4 aromatic rings. The first-order valence-electron chi connectivity index (χ1n) is 6.40. The third kappa shape index (κ3) is 1.64. The second-order valence-corrected chi connectivity index (χ2v) is 4.61. The molecule has 3 nitrogen and oxygen atoms in total. The summed E-state index contributed by atoms with van der Waals surface area (Å²) in [5, 5.41) is 11.5. The van der Waals surface area contributed by atoms with E-state index in [0.29, 0.717) is 0 Å². The molecule has 20 heavy (non-hydrogen) atoms. The Morgan fingerprint density at radius 3 is 2.80 bits per heavy atom. The minimum Gasteiger partial charge on any atom is -0.264 e. The van der Waals surface area contributed by atoms with E-state index in [1.807, 2.05) is 42.7 Å². The summed E-state index contributed by atoms with van der Waals surface area (Å²) in [6, 6.07) is 16.2. The van der Waals surface area contributed by atoms with Crippen LogP contribution in [0.2, 0.25) is 0 Å². The molecule has 1 radical (unpaired) electrons. The summed E-state index contributed by atoms with van der Waals surface area (Å²) in [6.45, 7) is 0. The SMILES string of the molecule is [c]1nnc2ccccc2c1-c1cccc2cnccc12. The molecule has 0 aliphatic carbocycles. The zero-order valence-electron chi connectivity index (χ0n) is 10.6. The van der Waals surface area contributed by atoms with Gasteiger partial charge >= 0.3 is 0 Å². The lowest BCUT2D eigenvalue weighted by atomic mass is 9.98. The van der Waals surface area contributed by atoms with E-state index in [9.17, 15) is 0 Å². The van der Waals surface area contributed by atoms with Gasteiger partial charge in [-0.05, 0) is 23.1 Å². The number of nitrogens with zero attached hydrogens (tertiary/aromatic N) is 3. The molecule has 2 heterocycles. The fourth-order valence-electron chi connectivity index (χ4n) is 2.51. The van der Waals surface area contributed by atoms with Crippen molar-refractivity contribution in [3.05, 3.63) is 67.1 Å². The summed E-state index contributed by atoms with van der Waals surface area (Å²) in [7, 11) is 0. The lowest BCUT2D eigenvalue weighted by Crippen LogP contribution is -1.89. The van der Waals surface area contributed by atoms with Gasteiger partial charge in [-0.2, -0.15) is 0 Å². The largest absolute Gasteiger partial charge is 0.264 e. The molecule has 0 spiro atoms. The fourth-order valence-corrected chi connectivity index (χ4v) is 2.51. The van der Waals surface area contributed by atoms with Gasteiger partial charge in [0.05, 0.1) is 5.52 Å².